The van der Waals surface area contributed by atoms with Gasteiger partial charge < -0.3 is 16.4 Å². The molecule has 1 amide bonds. The van der Waals surface area contributed by atoms with E-state index in [1.807, 2.05) is 0 Å². The maximum Gasteiger partial charge on any atom is 0.329 e. The Hall–Kier alpha value is -3.30. The van der Waals surface area contributed by atoms with Crippen LogP contribution in [0.1, 0.15) is 10.4 Å². The fourth-order valence-electron chi connectivity index (χ4n) is 1.71. The van der Waals surface area contributed by atoms with E-state index in [1.165, 1.54) is 18.2 Å². The molecule has 1 aromatic carbocycles. The number of rotatable bonds is 6. The highest BCUT2D eigenvalue weighted by atomic mass is 19.1. The van der Waals surface area contributed by atoms with Crippen LogP contribution in [0.25, 0.3) is 0 Å². The number of benzene rings is 1. The van der Waals surface area contributed by atoms with E-state index in [9.17, 15) is 19.3 Å². The van der Waals surface area contributed by atoms with Crippen LogP contribution in [0.5, 0.6) is 0 Å². The summed E-state index contributed by atoms with van der Waals surface area (Å²) in [6, 6.07) is 5.62. The second-order valence-corrected chi connectivity index (χ2v) is 4.38. The molecular formula is C13H13FN6O3. The summed E-state index contributed by atoms with van der Waals surface area (Å²) in [7, 11) is 0. The van der Waals surface area contributed by atoms with Gasteiger partial charge in [-0.1, -0.05) is 12.1 Å². The van der Waals surface area contributed by atoms with Crippen LogP contribution in [0, 0.1) is 15.9 Å². The van der Waals surface area contributed by atoms with Gasteiger partial charge in [0.1, 0.15) is 12.0 Å². The van der Waals surface area contributed by atoms with Gasteiger partial charge in [0.15, 0.2) is 0 Å². The van der Waals surface area contributed by atoms with E-state index < -0.39 is 16.6 Å². The molecule has 0 aliphatic heterocycles. The fraction of sp³-hybridized carbons (Fsp3) is 0.154. The summed E-state index contributed by atoms with van der Waals surface area (Å²) in [4.78, 5) is 29.1. The Kier molecular flexibility index (Phi) is 4.97. The monoisotopic (exact) mass is 320 g/mol. The molecule has 0 aliphatic carbocycles. The number of hydrogen-bond donors (Lipinski definition) is 3. The molecule has 0 spiro atoms. The van der Waals surface area contributed by atoms with Gasteiger partial charge in [-0.15, -0.1) is 0 Å². The average Bonchev–Trinajstić information content (AvgIpc) is 2.51. The molecule has 2 aromatic rings. The maximum atomic E-state index is 13.4. The van der Waals surface area contributed by atoms with Gasteiger partial charge in [-0.05, 0) is 12.1 Å². The lowest BCUT2D eigenvalue weighted by atomic mass is 10.2. The SMILES string of the molecule is Nc1nc(NCCNC(=O)c2ccccc2F)ncc1[N+](=O)[O-]. The lowest BCUT2D eigenvalue weighted by Gasteiger charge is -2.07. The summed E-state index contributed by atoms with van der Waals surface area (Å²) in [5, 5.41) is 15.8. The number of nitro groups is 1. The molecule has 4 N–H and O–H groups in total. The third kappa shape index (κ3) is 4.09. The maximum absolute atomic E-state index is 13.4. The number of hydrogen-bond acceptors (Lipinski definition) is 7. The molecule has 0 atom stereocenters. The minimum absolute atomic E-state index is 0.0525. The van der Waals surface area contributed by atoms with E-state index in [-0.39, 0.29) is 36.1 Å². The Balaban J connectivity index is 1.84. The molecule has 10 heteroatoms. The third-order valence-corrected chi connectivity index (χ3v) is 2.81. The number of carbonyl (C=O) groups excluding carboxylic acids is 1. The van der Waals surface area contributed by atoms with E-state index in [0.29, 0.717) is 0 Å². The average molecular weight is 320 g/mol. The number of anilines is 2. The predicted molar refractivity (Wildman–Crippen MR) is 80.3 cm³/mol. The van der Waals surface area contributed by atoms with E-state index in [2.05, 4.69) is 20.6 Å². The van der Waals surface area contributed by atoms with Crippen LogP contribution in [0.2, 0.25) is 0 Å². The molecular weight excluding hydrogens is 307 g/mol. The summed E-state index contributed by atoms with van der Waals surface area (Å²) in [5.41, 5.74) is 4.99. The number of nitrogens with one attached hydrogen (secondary N) is 2. The van der Waals surface area contributed by atoms with Crippen LogP contribution in [-0.4, -0.2) is 33.9 Å². The van der Waals surface area contributed by atoms with Crippen LogP contribution in [0.4, 0.5) is 21.8 Å². The van der Waals surface area contributed by atoms with Crippen LogP contribution in [0.3, 0.4) is 0 Å². The van der Waals surface area contributed by atoms with Crippen LogP contribution < -0.4 is 16.4 Å². The van der Waals surface area contributed by atoms with Crippen molar-refractivity contribution in [1.29, 1.82) is 0 Å². The molecule has 0 unspecified atom stereocenters. The Morgan fingerprint density at radius 3 is 2.74 bits per heavy atom. The molecule has 0 aliphatic rings. The number of aromatic nitrogens is 2. The summed E-state index contributed by atoms with van der Waals surface area (Å²) in [5.74, 6) is -1.32. The Labute approximate surface area is 129 Å². The molecule has 23 heavy (non-hydrogen) atoms. The third-order valence-electron chi connectivity index (χ3n) is 2.81. The largest absolute Gasteiger partial charge is 0.378 e. The van der Waals surface area contributed by atoms with Crippen molar-refractivity contribution in [3.63, 3.8) is 0 Å². The van der Waals surface area contributed by atoms with E-state index >= 15 is 0 Å². The van der Waals surface area contributed by atoms with Gasteiger partial charge in [-0.25, -0.2) is 9.37 Å². The Bertz CT molecular complexity index is 739. The van der Waals surface area contributed by atoms with E-state index in [4.69, 9.17) is 5.73 Å². The lowest BCUT2D eigenvalue weighted by molar-refractivity contribution is -0.384. The summed E-state index contributed by atoms with van der Waals surface area (Å²) >= 11 is 0. The lowest BCUT2D eigenvalue weighted by Crippen LogP contribution is -2.29. The van der Waals surface area contributed by atoms with Gasteiger partial charge >= 0.3 is 5.69 Å². The topological polar surface area (TPSA) is 136 Å². The van der Waals surface area contributed by atoms with Crippen molar-refractivity contribution in [1.82, 2.24) is 15.3 Å². The Morgan fingerprint density at radius 2 is 2.09 bits per heavy atom. The second-order valence-electron chi connectivity index (χ2n) is 4.38. The number of amides is 1. The van der Waals surface area contributed by atoms with Crippen molar-refractivity contribution in [3.8, 4) is 0 Å². The zero-order valence-electron chi connectivity index (χ0n) is 11.8. The van der Waals surface area contributed by atoms with Crippen LogP contribution in [0.15, 0.2) is 30.5 Å². The summed E-state index contributed by atoms with van der Waals surface area (Å²) in [6.45, 7) is 0.408. The molecule has 0 fully saturated rings. The molecule has 0 saturated carbocycles. The van der Waals surface area contributed by atoms with Crippen molar-refractivity contribution in [2.24, 2.45) is 0 Å². The van der Waals surface area contributed by atoms with Crippen molar-refractivity contribution in [3.05, 3.63) is 52.0 Å². The molecule has 120 valence electrons. The number of carbonyl (C=O) groups is 1. The fourth-order valence-corrected chi connectivity index (χ4v) is 1.71. The number of nitrogens with zero attached hydrogens (tertiary/aromatic N) is 3. The standard InChI is InChI=1S/C13H13FN6O3/c14-9-4-2-1-3-8(9)12(21)16-5-6-17-13-18-7-10(20(22)23)11(15)19-13/h1-4,7H,5-6H2,(H,16,21)(H3,15,17,18,19). The first-order chi connectivity index (χ1) is 11.0. The van der Waals surface area contributed by atoms with Gasteiger partial charge in [0.05, 0.1) is 10.5 Å². The van der Waals surface area contributed by atoms with E-state index in [0.717, 1.165) is 6.20 Å². The van der Waals surface area contributed by atoms with Crippen molar-refractivity contribution in [2.75, 3.05) is 24.1 Å². The number of halogens is 1. The van der Waals surface area contributed by atoms with Crippen molar-refractivity contribution >= 4 is 23.4 Å². The molecule has 0 radical (unpaired) electrons. The highest BCUT2D eigenvalue weighted by Gasteiger charge is 2.14. The normalized spacial score (nSPS) is 10.1. The van der Waals surface area contributed by atoms with Crippen molar-refractivity contribution in [2.45, 2.75) is 0 Å². The molecule has 1 heterocycles. The summed E-state index contributed by atoms with van der Waals surface area (Å²) < 4.78 is 13.4. The first-order valence-electron chi connectivity index (χ1n) is 6.52. The molecule has 9 nitrogen and oxygen atoms in total. The smallest absolute Gasteiger partial charge is 0.329 e. The number of nitrogen functional groups attached to an aromatic ring is 1. The van der Waals surface area contributed by atoms with Gasteiger partial charge in [-0.2, -0.15) is 4.98 Å². The van der Waals surface area contributed by atoms with Gasteiger partial charge in [0, 0.05) is 13.1 Å². The Morgan fingerprint density at radius 1 is 1.35 bits per heavy atom. The van der Waals surface area contributed by atoms with E-state index in [1.54, 1.807) is 6.07 Å². The quantitative estimate of drug-likeness (QED) is 0.409. The van der Waals surface area contributed by atoms with Crippen LogP contribution in [-0.2, 0) is 0 Å². The zero-order valence-corrected chi connectivity index (χ0v) is 11.8. The predicted octanol–water partition coefficient (Wildman–Crippen LogP) is 0.948. The number of nitrogens with two attached hydrogens (primary N) is 1. The highest BCUT2D eigenvalue weighted by Crippen LogP contribution is 2.17. The molecule has 2 rings (SSSR count). The summed E-state index contributed by atoms with van der Waals surface area (Å²) in [6.07, 6.45) is 0.989. The van der Waals surface area contributed by atoms with Gasteiger partial charge in [0.2, 0.25) is 11.8 Å². The molecule has 0 saturated heterocycles. The highest BCUT2D eigenvalue weighted by molar-refractivity contribution is 5.94. The minimum Gasteiger partial charge on any atom is -0.378 e. The van der Waals surface area contributed by atoms with Gasteiger partial charge in [-0.3, -0.25) is 14.9 Å². The minimum atomic E-state index is -0.687. The van der Waals surface area contributed by atoms with Gasteiger partial charge in [0.25, 0.3) is 5.91 Å². The van der Waals surface area contributed by atoms with Crippen LogP contribution >= 0.6 is 0 Å². The molecule has 0 bridgehead atoms. The first-order valence-corrected chi connectivity index (χ1v) is 6.52. The van der Waals surface area contributed by atoms with Crippen molar-refractivity contribution < 1.29 is 14.1 Å². The molecule has 1 aromatic heterocycles. The first kappa shape index (κ1) is 16.1. The zero-order chi connectivity index (χ0) is 16.8. The second kappa shape index (κ2) is 7.11.